The highest BCUT2D eigenvalue weighted by atomic mass is 16.5. The van der Waals surface area contributed by atoms with Crippen molar-refractivity contribution in [2.45, 2.75) is 171 Å². The molecule has 0 unspecified atom stereocenters. The summed E-state index contributed by atoms with van der Waals surface area (Å²) in [6.07, 6.45) is 10.2. The smallest absolute Gasteiger partial charge is 0.0769 e. The maximum Gasteiger partial charge on any atom is 0.0769 e. The van der Waals surface area contributed by atoms with Crippen molar-refractivity contribution in [2.24, 2.45) is 27.6 Å². The van der Waals surface area contributed by atoms with Crippen molar-refractivity contribution >= 4 is 0 Å². The number of likely N-dealkylation sites (tertiary alicyclic amines) is 1. The van der Waals surface area contributed by atoms with Crippen LogP contribution in [0.4, 0.5) is 0 Å². The summed E-state index contributed by atoms with van der Waals surface area (Å²) in [6, 6.07) is 0. The van der Waals surface area contributed by atoms with Gasteiger partial charge in [0.15, 0.2) is 0 Å². The first-order chi connectivity index (χ1) is 23.7. The lowest BCUT2D eigenvalue weighted by Crippen LogP contribution is -2.63. The maximum absolute atomic E-state index is 9.77. The third-order valence-corrected chi connectivity index (χ3v) is 11.1. The maximum atomic E-state index is 9.77. The molecule has 5 fully saturated rings. The summed E-state index contributed by atoms with van der Waals surface area (Å²) in [6.45, 7) is 41.9. The lowest BCUT2D eigenvalue weighted by molar-refractivity contribution is -0.113. The molecule has 0 aromatic heterocycles. The Kier molecular flexibility index (Phi) is 17.8. The van der Waals surface area contributed by atoms with Crippen LogP contribution in [0.1, 0.15) is 155 Å². The highest BCUT2D eigenvalue weighted by molar-refractivity contribution is 5.19. The minimum Gasteiger partial charge on any atom is -0.390 e. The molecule has 0 bridgehead atoms. The molecule has 302 valence electrons. The van der Waals surface area contributed by atoms with E-state index in [4.69, 9.17) is 9.47 Å². The largest absolute Gasteiger partial charge is 0.390 e. The number of rotatable bonds is 3. The van der Waals surface area contributed by atoms with Gasteiger partial charge in [0.2, 0.25) is 0 Å². The second kappa shape index (κ2) is 19.6. The van der Waals surface area contributed by atoms with Crippen molar-refractivity contribution in [1.82, 2.24) is 14.7 Å². The Morgan fingerprint density at radius 3 is 1.56 bits per heavy atom. The van der Waals surface area contributed by atoms with Gasteiger partial charge in [0.25, 0.3) is 0 Å². The molecule has 0 atom stereocenters. The van der Waals surface area contributed by atoms with Crippen molar-refractivity contribution < 1.29 is 14.6 Å². The van der Waals surface area contributed by atoms with E-state index in [0.717, 1.165) is 91.1 Å². The van der Waals surface area contributed by atoms with Crippen LogP contribution in [0.25, 0.3) is 0 Å². The van der Waals surface area contributed by atoms with E-state index >= 15 is 0 Å². The molecule has 1 saturated carbocycles. The first kappa shape index (κ1) is 47.0. The quantitative estimate of drug-likeness (QED) is 0.293. The summed E-state index contributed by atoms with van der Waals surface area (Å²) >= 11 is 0. The monoisotopic (exact) mass is 728 g/mol. The van der Waals surface area contributed by atoms with E-state index in [1.165, 1.54) is 32.4 Å². The number of ether oxygens (including phenoxy) is 2. The minimum atomic E-state index is -0.271. The van der Waals surface area contributed by atoms with Crippen molar-refractivity contribution in [3.8, 4) is 23.7 Å². The molecule has 52 heavy (non-hydrogen) atoms. The van der Waals surface area contributed by atoms with E-state index in [1.54, 1.807) is 0 Å². The van der Waals surface area contributed by atoms with Gasteiger partial charge in [-0.05, 0) is 146 Å². The summed E-state index contributed by atoms with van der Waals surface area (Å²) in [7, 11) is 2.19. The normalized spacial score (nSPS) is 22.9. The molecule has 0 amide bonds. The van der Waals surface area contributed by atoms with Gasteiger partial charge in [-0.15, -0.1) is 0 Å². The molecule has 4 aliphatic heterocycles. The van der Waals surface area contributed by atoms with Crippen LogP contribution in [0.5, 0.6) is 0 Å². The zero-order valence-electron chi connectivity index (χ0n) is 37.1. The minimum absolute atomic E-state index is 0.00847. The van der Waals surface area contributed by atoms with E-state index in [1.807, 2.05) is 0 Å². The van der Waals surface area contributed by atoms with Gasteiger partial charge in [-0.25, -0.2) is 0 Å². The number of aliphatic hydroxyl groups is 1. The molecule has 6 heteroatoms. The summed E-state index contributed by atoms with van der Waals surface area (Å²) in [5, 5.41) is 9.77. The van der Waals surface area contributed by atoms with Gasteiger partial charge in [0.1, 0.15) is 0 Å². The third kappa shape index (κ3) is 19.0. The highest BCUT2D eigenvalue weighted by Crippen LogP contribution is 2.43. The van der Waals surface area contributed by atoms with Crippen LogP contribution in [-0.2, 0) is 9.47 Å². The molecule has 4 saturated heterocycles. The van der Waals surface area contributed by atoms with Crippen LogP contribution in [0, 0.1) is 51.3 Å². The number of piperazine rings is 1. The Balaban J connectivity index is 0.000000242. The molecule has 4 heterocycles. The highest BCUT2D eigenvalue weighted by Gasteiger charge is 2.47. The summed E-state index contributed by atoms with van der Waals surface area (Å²) in [4.78, 5) is 7.45. The Hall–Kier alpha value is -1.12. The molecule has 0 aromatic rings. The van der Waals surface area contributed by atoms with Gasteiger partial charge in [-0.1, -0.05) is 44.5 Å². The van der Waals surface area contributed by atoms with Crippen molar-refractivity contribution in [3.05, 3.63) is 0 Å². The molecule has 1 N–H and O–H groups in total. The Morgan fingerprint density at radius 2 is 1.13 bits per heavy atom. The molecule has 1 spiro atoms. The number of nitrogens with zero attached hydrogens (tertiary/aromatic N) is 3. The van der Waals surface area contributed by atoms with Gasteiger partial charge < -0.3 is 19.5 Å². The fourth-order valence-electron chi connectivity index (χ4n) is 6.75. The average molecular weight is 728 g/mol. The molecule has 1 aliphatic carbocycles. The Morgan fingerprint density at radius 1 is 0.635 bits per heavy atom. The predicted octanol–water partition coefficient (Wildman–Crippen LogP) is 9.15. The Labute approximate surface area is 323 Å². The van der Waals surface area contributed by atoms with Gasteiger partial charge in [-0.3, -0.25) is 9.80 Å². The molecular weight excluding hydrogens is 643 g/mol. The van der Waals surface area contributed by atoms with Crippen molar-refractivity contribution in [2.75, 3.05) is 72.7 Å². The lowest BCUT2D eigenvalue weighted by atomic mass is 9.71. The van der Waals surface area contributed by atoms with Gasteiger partial charge in [-0.2, -0.15) is 0 Å². The zero-order valence-corrected chi connectivity index (χ0v) is 37.1. The second-order valence-electron chi connectivity index (χ2n) is 21.5. The average Bonchev–Trinajstić information content (AvgIpc) is 3.00. The number of likely N-dealkylation sites (N-methyl/N-ethyl adjacent to an activating group) is 1. The molecule has 6 nitrogen and oxygen atoms in total. The Bertz CT molecular complexity index is 1140. The first-order valence-electron chi connectivity index (χ1n) is 20.9. The van der Waals surface area contributed by atoms with E-state index < -0.39 is 0 Å². The van der Waals surface area contributed by atoms with E-state index in [-0.39, 0.29) is 22.0 Å². The van der Waals surface area contributed by atoms with Crippen LogP contribution < -0.4 is 0 Å². The topological polar surface area (TPSA) is 48.4 Å². The lowest BCUT2D eigenvalue weighted by Gasteiger charge is -2.57. The van der Waals surface area contributed by atoms with Crippen LogP contribution in [0.2, 0.25) is 0 Å². The molecule has 5 aliphatic rings. The van der Waals surface area contributed by atoms with Crippen LogP contribution in [0.15, 0.2) is 0 Å². The summed E-state index contributed by atoms with van der Waals surface area (Å²) in [5.41, 5.74) is 1.37. The third-order valence-electron chi connectivity index (χ3n) is 11.1. The summed E-state index contributed by atoms with van der Waals surface area (Å²) in [5.74, 6) is 14.0. The van der Waals surface area contributed by atoms with Gasteiger partial charge >= 0.3 is 0 Å². The van der Waals surface area contributed by atoms with Crippen LogP contribution in [0.3, 0.4) is 0 Å². The number of hydrogen-bond donors (Lipinski definition) is 1. The summed E-state index contributed by atoms with van der Waals surface area (Å²) < 4.78 is 10.7. The standard InChI is InChI=1S/C14H26N2.C11H21NO.C11H18O.C10H20O/c1-13(2,3)7-8-14(4,5)16-11-9-15(6)10-12-16;1-10(2,3)12-8-11(9-12)4-6-13-7-5-11;1-11(2,3)7-4-10-5-8-12-9-6-10;1-9(2,3)7-8-10(11)5-4-6-10/h9-12H2,1-6H3;4-9H2,1-3H3;10H,5-6,8-9H2,1-3H3;11H,4-8H2,1-3H3. The first-order valence-corrected chi connectivity index (χ1v) is 20.9. The zero-order chi connectivity index (χ0) is 39.5. The SMILES string of the molecule is CC(C)(C)C#CC1CCOCC1.CC(C)(C)CCC1(O)CCC1.CC(C)(C)N1CC2(CCOCC2)C1.CN1CCN(C(C)(C)C#CC(C)(C)C)CC1. The second-order valence-corrected chi connectivity index (χ2v) is 21.5. The molecule has 0 radical (unpaired) electrons. The van der Waals surface area contributed by atoms with E-state index in [2.05, 4.69) is 142 Å². The molecule has 0 aromatic carbocycles. The van der Waals surface area contributed by atoms with E-state index in [0.29, 0.717) is 22.3 Å². The van der Waals surface area contributed by atoms with Crippen molar-refractivity contribution in [1.29, 1.82) is 0 Å². The molecular formula is C46H85N3O3. The van der Waals surface area contributed by atoms with E-state index in [9.17, 15) is 5.11 Å². The van der Waals surface area contributed by atoms with Gasteiger partial charge in [0, 0.05) is 93.4 Å². The predicted molar refractivity (Wildman–Crippen MR) is 222 cm³/mol. The van der Waals surface area contributed by atoms with Crippen LogP contribution in [-0.4, -0.2) is 109 Å². The van der Waals surface area contributed by atoms with Crippen LogP contribution >= 0.6 is 0 Å². The fourth-order valence-corrected chi connectivity index (χ4v) is 6.75. The fraction of sp³-hybridized carbons (Fsp3) is 0.913. The van der Waals surface area contributed by atoms with Crippen molar-refractivity contribution in [3.63, 3.8) is 0 Å². The number of hydrogen-bond acceptors (Lipinski definition) is 6. The molecule has 5 rings (SSSR count). The van der Waals surface area contributed by atoms with Gasteiger partial charge in [0.05, 0.1) is 11.1 Å².